The van der Waals surface area contributed by atoms with Crippen molar-refractivity contribution in [3.8, 4) is 5.75 Å². The number of ether oxygens (including phenoxy) is 1. The normalized spacial score (nSPS) is 16.9. The topological polar surface area (TPSA) is 67.4 Å². The maximum Gasteiger partial charge on any atom is 0.257 e. The van der Waals surface area contributed by atoms with Crippen LogP contribution < -0.4 is 15.4 Å². The number of rotatable bonds is 6. The Kier molecular flexibility index (Phi) is 7.19. The Hall–Kier alpha value is -1.59. The van der Waals surface area contributed by atoms with Gasteiger partial charge in [0.15, 0.2) is 12.4 Å². The first-order chi connectivity index (χ1) is 9.65. The lowest BCUT2D eigenvalue weighted by Gasteiger charge is -2.12. The summed E-state index contributed by atoms with van der Waals surface area (Å²) in [4.78, 5) is 22.9. The van der Waals surface area contributed by atoms with E-state index < -0.39 is 0 Å². The fourth-order valence-corrected chi connectivity index (χ4v) is 2.17. The summed E-state index contributed by atoms with van der Waals surface area (Å²) in [5.74, 6) is 0.367. The van der Waals surface area contributed by atoms with Gasteiger partial charge in [-0.15, -0.1) is 12.4 Å². The lowest BCUT2D eigenvalue weighted by Crippen LogP contribution is -2.39. The Morgan fingerprint density at radius 1 is 1.43 bits per heavy atom. The molecule has 1 atom stereocenters. The Morgan fingerprint density at radius 3 is 2.90 bits per heavy atom. The summed E-state index contributed by atoms with van der Waals surface area (Å²) in [7, 11) is 0. The Bertz CT molecular complexity index is 488. The lowest BCUT2D eigenvalue weighted by molar-refractivity contribution is -0.123. The maximum absolute atomic E-state index is 11.7. The van der Waals surface area contributed by atoms with Crippen molar-refractivity contribution in [2.75, 3.05) is 19.7 Å². The van der Waals surface area contributed by atoms with Crippen LogP contribution in [0.1, 0.15) is 30.1 Å². The second kappa shape index (κ2) is 8.64. The van der Waals surface area contributed by atoms with Gasteiger partial charge in [0.25, 0.3) is 5.91 Å². The number of amides is 1. The van der Waals surface area contributed by atoms with Gasteiger partial charge in [0.2, 0.25) is 0 Å². The highest BCUT2D eigenvalue weighted by molar-refractivity contribution is 5.94. The van der Waals surface area contributed by atoms with Crippen LogP contribution in [0.4, 0.5) is 0 Å². The molecule has 1 saturated heterocycles. The number of carbonyl (C=O) groups excluding carboxylic acids is 2. The monoisotopic (exact) mass is 312 g/mol. The molecule has 1 aliphatic heterocycles. The maximum atomic E-state index is 11.7. The molecule has 1 aromatic carbocycles. The van der Waals surface area contributed by atoms with E-state index in [1.165, 1.54) is 6.92 Å². The number of ketones is 1. The van der Waals surface area contributed by atoms with Crippen LogP contribution in [-0.4, -0.2) is 37.4 Å². The van der Waals surface area contributed by atoms with E-state index in [0.29, 0.717) is 23.9 Å². The van der Waals surface area contributed by atoms with Crippen LogP contribution in [-0.2, 0) is 4.79 Å². The average Bonchev–Trinajstić information content (AvgIpc) is 2.96. The van der Waals surface area contributed by atoms with Gasteiger partial charge >= 0.3 is 0 Å². The molecule has 1 unspecified atom stereocenters. The third-order valence-electron chi connectivity index (χ3n) is 3.32. The molecule has 1 aromatic rings. The molecule has 0 aliphatic carbocycles. The fraction of sp³-hybridized carbons (Fsp3) is 0.467. The molecule has 116 valence electrons. The lowest BCUT2D eigenvalue weighted by atomic mass is 10.1. The van der Waals surface area contributed by atoms with Gasteiger partial charge in [-0.25, -0.2) is 0 Å². The summed E-state index contributed by atoms with van der Waals surface area (Å²) in [6.45, 7) is 3.12. The van der Waals surface area contributed by atoms with Crippen molar-refractivity contribution in [1.29, 1.82) is 0 Å². The molecule has 1 fully saturated rings. The highest BCUT2D eigenvalue weighted by atomic mass is 35.5. The van der Waals surface area contributed by atoms with Gasteiger partial charge in [-0.2, -0.15) is 0 Å². The van der Waals surface area contributed by atoms with Crippen LogP contribution in [0.3, 0.4) is 0 Å². The van der Waals surface area contributed by atoms with Crippen LogP contribution in [0, 0.1) is 0 Å². The molecule has 6 heteroatoms. The van der Waals surface area contributed by atoms with Gasteiger partial charge in [0.1, 0.15) is 5.75 Å². The summed E-state index contributed by atoms with van der Waals surface area (Å²) in [6.07, 6.45) is 2.26. The molecule has 0 saturated carbocycles. The van der Waals surface area contributed by atoms with Gasteiger partial charge in [-0.05, 0) is 38.4 Å². The number of hydrogen-bond donors (Lipinski definition) is 2. The number of Topliss-reactive ketones (excluding diaryl/α,β-unsaturated/α-hetero) is 1. The zero-order valence-corrected chi connectivity index (χ0v) is 12.9. The van der Waals surface area contributed by atoms with E-state index in [4.69, 9.17) is 4.74 Å². The summed E-state index contributed by atoms with van der Waals surface area (Å²) in [6, 6.07) is 7.22. The van der Waals surface area contributed by atoms with Gasteiger partial charge in [0, 0.05) is 18.2 Å². The van der Waals surface area contributed by atoms with E-state index in [1.54, 1.807) is 24.3 Å². The smallest absolute Gasteiger partial charge is 0.257 e. The second-order valence-corrected chi connectivity index (χ2v) is 4.97. The summed E-state index contributed by atoms with van der Waals surface area (Å²) in [5.41, 5.74) is 0.582. The van der Waals surface area contributed by atoms with Crippen molar-refractivity contribution in [2.24, 2.45) is 0 Å². The molecule has 0 bridgehead atoms. The molecular weight excluding hydrogens is 292 g/mol. The SMILES string of the molecule is CC(=O)c1cccc(OCC(=O)NCC2CCCN2)c1.Cl. The standard InChI is InChI=1S/C15H20N2O3.ClH/c1-11(18)12-4-2-6-14(8-12)20-10-15(19)17-9-13-5-3-7-16-13;/h2,4,6,8,13,16H,3,5,7,9-10H2,1H3,(H,17,19);1H. The van der Waals surface area contributed by atoms with Gasteiger partial charge in [-0.3, -0.25) is 9.59 Å². The van der Waals surface area contributed by atoms with E-state index in [0.717, 1.165) is 19.4 Å². The van der Waals surface area contributed by atoms with Crippen LogP contribution in [0.15, 0.2) is 24.3 Å². The van der Waals surface area contributed by atoms with Crippen molar-refractivity contribution in [3.63, 3.8) is 0 Å². The number of halogens is 1. The van der Waals surface area contributed by atoms with Crippen molar-refractivity contribution < 1.29 is 14.3 Å². The molecule has 0 spiro atoms. The second-order valence-electron chi connectivity index (χ2n) is 4.97. The van der Waals surface area contributed by atoms with Crippen molar-refractivity contribution >= 4 is 24.1 Å². The van der Waals surface area contributed by atoms with Crippen LogP contribution in [0.5, 0.6) is 5.75 Å². The zero-order chi connectivity index (χ0) is 14.4. The van der Waals surface area contributed by atoms with Crippen molar-refractivity contribution in [3.05, 3.63) is 29.8 Å². The van der Waals surface area contributed by atoms with Gasteiger partial charge in [0.05, 0.1) is 0 Å². The Balaban J connectivity index is 0.00000220. The predicted octanol–water partition coefficient (Wildman–Crippen LogP) is 1.56. The molecule has 1 aliphatic rings. The molecule has 2 N–H and O–H groups in total. The third kappa shape index (κ3) is 5.73. The van der Waals surface area contributed by atoms with Crippen molar-refractivity contribution in [1.82, 2.24) is 10.6 Å². The molecule has 5 nitrogen and oxygen atoms in total. The molecule has 0 aromatic heterocycles. The quantitative estimate of drug-likeness (QED) is 0.782. The number of benzene rings is 1. The van der Waals surface area contributed by atoms with E-state index >= 15 is 0 Å². The summed E-state index contributed by atoms with van der Waals surface area (Å²) in [5, 5.41) is 6.15. The van der Waals surface area contributed by atoms with Crippen LogP contribution in [0.2, 0.25) is 0 Å². The van der Waals surface area contributed by atoms with E-state index in [1.807, 2.05) is 0 Å². The summed E-state index contributed by atoms with van der Waals surface area (Å²) < 4.78 is 5.39. The fourth-order valence-electron chi connectivity index (χ4n) is 2.17. The van der Waals surface area contributed by atoms with Crippen LogP contribution in [0.25, 0.3) is 0 Å². The van der Waals surface area contributed by atoms with E-state index in [-0.39, 0.29) is 30.7 Å². The van der Waals surface area contributed by atoms with E-state index in [9.17, 15) is 9.59 Å². The highest BCUT2D eigenvalue weighted by Gasteiger charge is 2.14. The first kappa shape index (κ1) is 17.5. The van der Waals surface area contributed by atoms with Gasteiger partial charge in [-0.1, -0.05) is 12.1 Å². The molecule has 0 radical (unpaired) electrons. The first-order valence-electron chi connectivity index (χ1n) is 6.89. The zero-order valence-electron chi connectivity index (χ0n) is 12.1. The molecule has 2 rings (SSSR count). The average molecular weight is 313 g/mol. The third-order valence-corrected chi connectivity index (χ3v) is 3.32. The molecular formula is C15H21ClN2O3. The van der Waals surface area contributed by atoms with Crippen LogP contribution >= 0.6 is 12.4 Å². The molecule has 1 heterocycles. The van der Waals surface area contributed by atoms with Crippen molar-refractivity contribution in [2.45, 2.75) is 25.8 Å². The Morgan fingerprint density at radius 2 is 2.24 bits per heavy atom. The first-order valence-corrected chi connectivity index (χ1v) is 6.89. The van der Waals surface area contributed by atoms with E-state index in [2.05, 4.69) is 10.6 Å². The minimum Gasteiger partial charge on any atom is -0.484 e. The largest absolute Gasteiger partial charge is 0.484 e. The van der Waals surface area contributed by atoms with Gasteiger partial charge < -0.3 is 15.4 Å². The Labute approximate surface area is 130 Å². The number of carbonyl (C=O) groups is 2. The highest BCUT2D eigenvalue weighted by Crippen LogP contribution is 2.13. The summed E-state index contributed by atoms with van der Waals surface area (Å²) >= 11 is 0. The minimum atomic E-state index is -0.146. The predicted molar refractivity (Wildman–Crippen MR) is 83.2 cm³/mol. The number of hydrogen-bond acceptors (Lipinski definition) is 4. The minimum absolute atomic E-state index is 0. The molecule has 1 amide bonds. The number of nitrogens with one attached hydrogen (secondary N) is 2. The molecule has 21 heavy (non-hydrogen) atoms.